The Morgan fingerprint density at radius 3 is 2.79 bits per heavy atom. The smallest absolute Gasteiger partial charge is 0.244 e. The van der Waals surface area contributed by atoms with Gasteiger partial charge in [0.1, 0.15) is 4.90 Å². The minimum atomic E-state index is -3.67. The van der Waals surface area contributed by atoms with Crippen molar-refractivity contribution in [2.45, 2.75) is 18.2 Å². The van der Waals surface area contributed by atoms with Crippen molar-refractivity contribution in [3.8, 4) is 0 Å². The van der Waals surface area contributed by atoms with Crippen LogP contribution in [0.5, 0.6) is 0 Å². The van der Waals surface area contributed by atoms with Gasteiger partial charge in [0.15, 0.2) is 0 Å². The van der Waals surface area contributed by atoms with E-state index in [1.807, 2.05) is 6.92 Å². The van der Waals surface area contributed by atoms with Gasteiger partial charge in [0.05, 0.1) is 5.69 Å². The number of carbonyl (C=O) groups is 1. The molecule has 1 heterocycles. The molecule has 1 amide bonds. The fraction of sp³-hybridized carbons (Fsp3) is 0.455. The zero-order valence-electron chi connectivity index (χ0n) is 10.9. The van der Waals surface area contributed by atoms with Crippen molar-refractivity contribution in [2.24, 2.45) is 0 Å². The lowest BCUT2D eigenvalue weighted by Crippen LogP contribution is -2.29. The first kappa shape index (κ1) is 15.4. The number of anilines is 1. The topological polar surface area (TPSA) is 100 Å². The van der Waals surface area contributed by atoms with E-state index in [9.17, 15) is 13.2 Å². The summed E-state index contributed by atoms with van der Waals surface area (Å²) in [6.07, 6.45) is 2.88. The Balaban J connectivity index is 2.79. The van der Waals surface area contributed by atoms with Crippen LogP contribution in [0.2, 0.25) is 0 Å². The van der Waals surface area contributed by atoms with E-state index in [1.165, 1.54) is 19.4 Å². The molecule has 0 bridgehead atoms. The van der Waals surface area contributed by atoms with Gasteiger partial charge in [-0.05, 0) is 13.0 Å². The fourth-order valence-corrected chi connectivity index (χ4v) is 2.59. The SMILES string of the molecule is CCNc1ccncc1S(=O)(=O)NCCC(=O)NC. The zero-order chi connectivity index (χ0) is 14.3. The monoisotopic (exact) mass is 286 g/mol. The van der Waals surface area contributed by atoms with Crippen LogP contribution in [0.15, 0.2) is 23.4 Å². The number of nitrogens with one attached hydrogen (secondary N) is 3. The molecule has 1 aromatic heterocycles. The van der Waals surface area contributed by atoms with Gasteiger partial charge < -0.3 is 10.6 Å². The molecule has 0 saturated carbocycles. The number of sulfonamides is 1. The van der Waals surface area contributed by atoms with E-state index in [4.69, 9.17) is 0 Å². The van der Waals surface area contributed by atoms with Crippen molar-refractivity contribution in [2.75, 3.05) is 25.5 Å². The van der Waals surface area contributed by atoms with Gasteiger partial charge in [0, 0.05) is 39.0 Å². The first-order chi connectivity index (χ1) is 9.01. The van der Waals surface area contributed by atoms with E-state index in [-0.39, 0.29) is 23.8 Å². The number of amides is 1. The van der Waals surface area contributed by atoms with Gasteiger partial charge in [-0.2, -0.15) is 0 Å². The predicted octanol–water partition coefficient (Wildman–Crippen LogP) is -0.0722. The summed E-state index contributed by atoms with van der Waals surface area (Å²) in [5.74, 6) is -0.221. The van der Waals surface area contributed by atoms with E-state index in [0.29, 0.717) is 12.2 Å². The summed E-state index contributed by atoms with van der Waals surface area (Å²) in [6, 6.07) is 1.59. The van der Waals surface area contributed by atoms with Gasteiger partial charge in [-0.15, -0.1) is 0 Å². The molecular formula is C11H18N4O3S. The van der Waals surface area contributed by atoms with Crippen molar-refractivity contribution in [3.63, 3.8) is 0 Å². The van der Waals surface area contributed by atoms with Crippen molar-refractivity contribution < 1.29 is 13.2 Å². The highest BCUT2D eigenvalue weighted by Gasteiger charge is 2.18. The van der Waals surface area contributed by atoms with Crippen LogP contribution in [0.3, 0.4) is 0 Å². The lowest BCUT2D eigenvalue weighted by atomic mass is 10.4. The van der Waals surface area contributed by atoms with Gasteiger partial charge in [-0.25, -0.2) is 13.1 Å². The van der Waals surface area contributed by atoms with Crippen LogP contribution in [-0.4, -0.2) is 39.4 Å². The average molecular weight is 286 g/mol. The van der Waals surface area contributed by atoms with E-state index < -0.39 is 10.0 Å². The highest BCUT2D eigenvalue weighted by molar-refractivity contribution is 7.89. The number of pyridine rings is 1. The predicted molar refractivity (Wildman–Crippen MR) is 72.3 cm³/mol. The van der Waals surface area contributed by atoms with Gasteiger partial charge in [0.25, 0.3) is 0 Å². The normalized spacial score (nSPS) is 11.1. The Labute approximate surface area is 112 Å². The summed E-state index contributed by atoms with van der Waals surface area (Å²) in [5, 5.41) is 5.38. The third-order valence-corrected chi connectivity index (χ3v) is 3.85. The summed E-state index contributed by atoms with van der Waals surface area (Å²) in [5.41, 5.74) is 0.491. The third kappa shape index (κ3) is 4.49. The Bertz CT molecular complexity index is 530. The highest BCUT2D eigenvalue weighted by atomic mass is 32.2. The van der Waals surface area contributed by atoms with Crippen molar-refractivity contribution >= 4 is 21.6 Å². The van der Waals surface area contributed by atoms with Crippen LogP contribution in [0.1, 0.15) is 13.3 Å². The summed E-state index contributed by atoms with van der Waals surface area (Å²) in [6.45, 7) is 2.52. The van der Waals surface area contributed by atoms with Gasteiger partial charge in [-0.3, -0.25) is 9.78 Å². The maximum absolute atomic E-state index is 12.1. The Kier molecular flexibility index (Phi) is 5.71. The Morgan fingerprint density at radius 1 is 1.42 bits per heavy atom. The van der Waals surface area contributed by atoms with E-state index in [2.05, 4.69) is 20.3 Å². The highest BCUT2D eigenvalue weighted by Crippen LogP contribution is 2.18. The second-order valence-corrected chi connectivity index (χ2v) is 5.46. The first-order valence-electron chi connectivity index (χ1n) is 5.89. The molecule has 0 saturated heterocycles. The fourth-order valence-electron chi connectivity index (χ4n) is 1.43. The number of carbonyl (C=O) groups excluding carboxylic acids is 1. The summed E-state index contributed by atoms with van der Waals surface area (Å²) in [4.78, 5) is 14.9. The maximum atomic E-state index is 12.1. The van der Waals surface area contributed by atoms with Gasteiger partial charge in [0.2, 0.25) is 15.9 Å². The van der Waals surface area contributed by atoms with Gasteiger partial charge >= 0.3 is 0 Å². The molecule has 8 heteroatoms. The average Bonchev–Trinajstić information content (AvgIpc) is 2.39. The minimum Gasteiger partial charge on any atom is -0.384 e. The first-order valence-corrected chi connectivity index (χ1v) is 7.37. The molecule has 1 rings (SSSR count). The summed E-state index contributed by atoms with van der Waals surface area (Å²) in [7, 11) is -2.17. The molecule has 0 radical (unpaired) electrons. The number of rotatable bonds is 7. The Hall–Kier alpha value is -1.67. The number of nitrogens with zero attached hydrogens (tertiary/aromatic N) is 1. The van der Waals surface area contributed by atoms with Crippen molar-refractivity contribution in [1.82, 2.24) is 15.0 Å². The third-order valence-electron chi connectivity index (χ3n) is 2.36. The number of hydrogen-bond donors (Lipinski definition) is 3. The molecule has 0 atom stereocenters. The lowest BCUT2D eigenvalue weighted by Gasteiger charge is -2.11. The number of hydrogen-bond acceptors (Lipinski definition) is 5. The molecule has 0 fully saturated rings. The molecule has 0 unspecified atom stereocenters. The molecule has 7 nitrogen and oxygen atoms in total. The van der Waals surface area contributed by atoms with E-state index in [0.717, 1.165) is 0 Å². The van der Waals surface area contributed by atoms with Crippen LogP contribution >= 0.6 is 0 Å². The number of aromatic nitrogens is 1. The van der Waals surface area contributed by atoms with Crippen molar-refractivity contribution in [1.29, 1.82) is 0 Å². The molecule has 0 aliphatic heterocycles. The zero-order valence-corrected chi connectivity index (χ0v) is 11.8. The second-order valence-electron chi connectivity index (χ2n) is 3.72. The van der Waals surface area contributed by atoms with Crippen LogP contribution in [0.25, 0.3) is 0 Å². The molecular weight excluding hydrogens is 268 g/mol. The summed E-state index contributed by atoms with van der Waals surface area (Å²) >= 11 is 0. The standard InChI is InChI=1S/C11H18N4O3S/c1-3-14-9-4-6-13-8-10(9)19(17,18)15-7-5-11(16)12-2/h4,6,8,15H,3,5,7H2,1-2H3,(H,12,16)(H,13,14). The molecule has 0 aliphatic carbocycles. The summed E-state index contributed by atoms with van der Waals surface area (Å²) < 4.78 is 26.5. The molecule has 106 valence electrons. The minimum absolute atomic E-state index is 0.0441. The van der Waals surface area contributed by atoms with Crippen LogP contribution < -0.4 is 15.4 Å². The molecule has 0 spiro atoms. The second kappa shape index (κ2) is 7.05. The molecule has 19 heavy (non-hydrogen) atoms. The molecule has 3 N–H and O–H groups in total. The molecule has 0 aromatic carbocycles. The largest absolute Gasteiger partial charge is 0.384 e. The maximum Gasteiger partial charge on any atom is 0.244 e. The quantitative estimate of drug-likeness (QED) is 0.651. The van der Waals surface area contributed by atoms with E-state index >= 15 is 0 Å². The molecule has 0 aliphatic rings. The molecule has 1 aromatic rings. The van der Waals surface area contributed by atoms with Crippen LogP contribution in [0.4, 0.5) is 5.69 Å². The van der Waals surface area contributed by atoms with Gasteiger partial charge in [-0.1, -0.05) is 0 Å². The van der Waals surface area contributed by atoms with Crippen molar-refractivity contribution in [3.05, 3.63) is 18.5 Å². The Morgan fingerprint density at radius 2 is 2.16 bits per heavy atom. The lowest BCUT2D eigenvalue weighted by molar-refractivity contribution is -0.120. The van der Waals surface area contributed by atoms with E-state index in [1.54, 1.807) is 6.07 Å². The van der Waals surface area contributed by atoms with Crippen LogP contribution in [0, 0.1) is 0 Å². The van der Waals surface area contributed by atoms with Crippen LogP contribution in [-0.2, 0) is 14.8 Å².